The van der Waals surface area contributed by atoms with Crippen LogP contribution in [0.25, 0.3) is 0 Å². The number of hydrogen-bond donors (Lipinski definition) is 1. The van der Waals surface area contributed by atoms with Gasteiger partial charge >= 0.3 is 5.97 Å². The Morgan fingerprint density at radius 1 is 1.69 bits per heavy atom. The van der Waals surface area contributed by atoms with Crippen molar-refractivity contribution in [2.45, 2.75) is 31.9 Å². The molecular weight excluding hydrogens is 226 g/mol. The van der Waals surface area contributed by atoms with Gasteiger partial charge in [0.25, 0.3) is 0 Å². The van der Waals surface area contributed by atoms with Crippen molar-refractivity contribution >= 4 is 17.7 Å². The lowest BCUT2D eigenvalue weighted by Gasteiger charge is -2.10. The molecule has 1 aliphatic carbocycles. The zero-order valence-corrected chi connectivity index (χ0v) is 10.0. The zero-order valence-electron chi connectivity index (χ0n) is 9.23. The molecule has 1 N–H and O–H groups in total. The molecule has 1 aliphatic rings. The van der Waals surface area contributed by atoms with Gasteiger partial charge in [-0.25, -0.2) is 4.98 Å². The normalized spacial score (nSPS) is 17.3. The Hall–Kier alpha value is -0.970. The van der Waals surface area contributed by atoms with E-state index in [0.717, 1.165) is 35.8 Å². The van der Waals surface area contributed by atoms with E-state index >= 15 is 0 Å². The summed E-state index contributed by atoms with van der Waals surface area (Å²) in [5, 5.41) is 8.78. The van der Waals surface area contributed by atoms with E-state index in [9.17, 15) is 4.79 Å². The monoisotopic (exact) mass is 241 g/mol. The van der Waals surface area contributed by atoms with E-state index in [-0.39, 0.29) is 5.41 Å². The molecule has 4 nitrogen and oxygen atoms in total. The fraction of sp³-hybridized carbons (Fsp3) is 0.636. The first kappa shape index (κ1) is 11.5. The van der Waals surface area contributed by atoms with Crippen LogP contribution in [0.4, 0.5) is 0 Å². The molecule has 0 atom stereocenters. The summed E-state index contributed by atoms with van der Waals surface area (Å²) in [5.74, 6) is 1.89. The van der Waals surface area contributed by atoms with E-state index in [2.05, 4.69) is 4.98 Å². The molecule has 5 heteroatoms. The molecule has 1 aromatic heterocycles. The van der Waals surface area contributed by atoms with Gasteiger partial charge in [0.2, 0.25) is 0 Å². The minimum atomic E-state index is -0.685. The number of rotatable bonds is 6. The lowest BCUT2D eigenvalue weighted by Crippen LogP contribution is -2.11. The first-order valence-corrected chi connectivity index (χ1v) is 6.45. The molecule has 1 fully saturated rings. The van der Waals surface area contributed by atoms with Crippen LogP contribution < -0.4 is 0 Å². The molecule has 1 aromatic rings. The van der Waals surface area contributed by atoms with Crippen molar-refractivity contribution in [3.8, 4) is 0 Å². The lowest BCUT2D eigenvalue weighted by atomic mass is 10.1. The van der Waals surface area contributed by atoms with E-state index in [1.807, 2.05) is 6.92 Å². The number of carbonyl (C=O) groups is 1. The maximum absolute atomic E-state index is 10.7. The minimum Gasteiger partial charge on any atom is -0.481 e. The first-order valence-electron chi connectivity index (χ1n) is 5.30. The van der Waals surface area contributed by atoms with Gasteiger partial charge in [0, 0.05) is 5.75 Å². The van der Waals surface area contributed by atoms with Gasteiger partial charge in [-0.15, -0.1) is 0 Å². The van der Waals surface area contributed by atoms with Crippen molar-refractivity contribution in [3.05, 3.63) is 17.8 Å². The van der Waals surface area contributed by atoms with Crippen LogP contribution in [0.15, 0.2) is 10.8 Å². The van der Waals surface area contributed by atoms with Crippen LogP contribution in [0.1, 0.15) is 30.7 Å². The number of nitrogens with zero attached hydrogens (tertiary/aromatic N) is 1. The third kappa shape index (κ3) is 2.78. The van der Waals surface area contributed by atoms with Gasteiger partial charge in [0.05, 0.1) is 12.1 Å². The molecule has 0 radical (unpaired) electrons. The number of aliphatic carboxylic acids is 1. The van der Waals surface area contributed by atoms with Gasteiger partial charge in [-0.05, 0) is 30.9 Å². The third-order valence-electron chi connectivity index (χ3n) is 2.97. The van der Waals surface area contributed by atoms with Gasteiger partial charge in [-0.3, -0.25) is 4.79 Å². The number of thioether (sulfide) groups is 1. The molecule has 0 saturated heterocycles. The highest BCUT2D eigenvalue weighted by Gasteiger charge is 2.44. The molecule has 16 heavy (non-hydrogen) atoms. The van der Waals surface area contributed by atoms with Gasteiger partial charge < -0.3 is 9.52 Å². The Morgan fingerprint density at radius 3 is 2.94 bits per heavy atom. The Kier molecular flexibility index (Phi) is 3.23. The molecule has 0 bridgehead atoms. The largest absolute Gasteiger partial charge is 0.481 e. The van der Waals surface area contributed by atoms with Crippen LogP contribution in [0.5, 0.6) is 0 Å². The predicted molar refractivity (Wildman–Crippen MR) is 61.3 cm³/mol. The fourth-order valence-electron chi connectivity index (χ4n) is 1.70. The topological polar surface area (TPSA) is 63.3 Å². The molecule has 2 rings (SSSR count). The molecule has 88 valence electrons. The zero-order chi connectivity index (χ0) is 11.6. The Morgan fingerprint density at radius 2 is 2.44 bits per heavy atom. The summed E-state index contributed by atoms with van der Waals surface area (Å²) in [4.78, 5) is 14.8. The molecule has 1 saturated carbocycles. The van der Waals surface area contributed by atoms with Crippen LogP contribution in [0.2, 0.25) is 0 Å². The molecular formula is C11H15NO3S. The van der Waals surface area contributed by atoms with Crippen molar-refractivity contribution < 1.29 is 14.3 Å². The van der Waals surface area contributed by atoms with Gasteiger partial charge in [-0.2, -0.15) is 11.8 Å². The number of hydrogen-bond acceptors (Lipinski definition) is 4. The summed E-state index contributed by atoms with van der Waals surface area (Å²) in [6.45, 7) is 1.90. The Bertz CT molecular complexity index is 384. The van der Waals surface area contributed by atoms with Crippen LogP contribution in [-0.4, -0.2) is 21.8 Å². The van der Waals surface area contributed by atoms with Gasteiger partial charge in [0.1, 0.15) is 5.76 Å². The number of aryl methyl sites for hydroxylation is 1. The third-order valence-corrected chi connectivity index (χ3v) is 4.27. The quantitative estimate of drug-likeness (QED) is 0.829. The molecule has 1 heterocycles. The summed E-state index contributed by atoms with van der Waals surface area (Å²) < 4.78 is 5.11. The van der Waals surface area contributed by atoms with Crippen molar-refractivity contribution in [2.24, 2.45) is 5.41 Å². The van der Waals surface area contributed by atoms with Crippen LogP contribution in [0.3, 0.4) is 0 Å². The maximum atomic E-state index is 10.7. The predicted octanol–water partition coefficient (Wildman–Crippen LogP) is 2.47. The van der Waals surface area contributed by atoms with Gasteiger partial charge in [-0.1, -0.05) is 0 Å². The van der Waals surface area contributed by atoms with Crippen LogP contribution >= 0.6 is 11.8 Å². The second-order valence-electron chi connectivity index (χ2n) is 4.42. The van der Waals surface area contributed by atoms with Gasteiger partial charge in [0.15, 0.2) is 6.39 Å². The standard InChI is InChI=1S/C11H15NO3S/c1-8-9(12-7-15-8)5-16-6-11(2-3-11)4-10(13)14/h7H,2-6H2,1H3,(H,13,14). The fourth-order valence-corrected chi connectivity index (χ4v) is 3.10. The van der Waals surface area contributed by atoms with Crippen molar-refractivity contribution in [1.82, 2.24) is 4.98 Å². The highest BCUT2D eigenvalue weighted by atomic mass is 32.2. The number of aromatic nitrogens is 1. The summed E-state index contributed by atoms with van der Waals surface area (Å²) in [5.41, 5.74) is 1.03. The van der Waals surface area contributed by atoms with Crippen molar-refractivity contribution in [2.75, 3.05) is 5.75 Å². The Balaban J connectivity index is 1.76. The smallest absolute Gasteiger partial charge is 0.303 e. The second kappa shape index (κ2) is 4.49. The van der Waals surface area contributed by atoms with Crippen LogP contribution in [0, 0.1) is 12.3 Å². The molecule has 0 unspecified atom stereocenters. The highest BCUT2D eigenvalue weighted by molar-refractivity contribution is 7.98. The number of carboxylic acids is 1. The first-order chi connectivity index (χ1) is 7.61. The second-order valence-corrected chi connectivity index (χ2v) is 5.40. The van der Waals surface area contributed by atoms with Crippen molar-refractivity contribution in [1.29, 1.82) is 0 Å². The van der Waals surface area contributed by atoms with E-state index in [1.165, 1.54) is 6.39 Å². The molecule has 0 spiro atoms. The summed E-state index contributed by atoms with van der Waals surface area (Å²) in [6.07, 6.45) is 3.85. The minimum absolute atomic E-state index is 0.0636. The summed E-state index contributed by atoms with van der Waals surface area (Å²) in [7, 11) is 0. The Labute approximate surface area is 98.4 Å². The summed E-state index contributed by atoms with van der Waals surface area (Å²) in [6, 6.07) is 0. The molecule has 0 aliphatic heterocycles. The molecule has 0 aromatic carbocycles. The summed E-state index contributed by atoms with van der Waals surface area (Å²) >= 11 is 1.75. The molecule has 0 amide bonds. The van der Waals surface area contributed by atoms with Crippen molar-refractivity contribution in [3.63, 3.8) is 0 Å². The number of oxazole rings is 1. The highest BCUT2D eigenvalue weighted by Crippen LogP contribution is 2.51. The van der Waals surface area contributed by atoms with Crippen LogP contribution in [-0.2, 0) is 10.5 Å². The SMILES string of the molecule is Cc1ocnc1CSCC1(CC(=O)O)CC1. The van der Waals surface area contributed by atoms with E-state index in [0.29, 0.717) is 6.42 Å². The van der Waals surface area contributed by atoms with E-state index in [4.69, 9.17) is 9.52 Å². The maximum Gasteiger partial charge on any atom is 0.303 e. The average Bonchev–Trinajstić information content (AvgIpc) is 2.82. The van der Waals surface area contributed by atoms with E-state index in [1.54, 1.807) is 11.8 Å². The number of carboxylic acid groups (broad SMARTS) is 1. The average molecular weight is 241 g/mol. The lowest BCUT2D eigenvalue weighted by molar-refractivity contribution is -0.138. The van der Waals surface area contributed by atoms with E-state index < -0.39 is 5.97 Å².